The topological polar surface area (TPSA) is 83.1 Å². The molecule has 1 aromatic carbocycles. The number of guanidine groups is 1. The summed E-state index contributed by atoms with van der Waals surface area (Å²) in [6.45, 7) is 6.33. The number of ether oxygens (including phenoxy) is 1. The minimum atomic E-state index is -0.262. The van der Waals surface area contributed by atoms with E-state index in [-0.39, 0.29) is 29.8 Å². The van der Waals surface area contributed by atoms with Gasteiger partial charge in [0.2, 0.25) is 5.95 Å². The summed E-state index contributed by atoms with van der Waals surface area (Å²) < 4.78 is 19.3. The number of nitrogens with two attached hydrogens (primary N) is 1. The number of morpholine rings is 1. The van der Waals surface area contributed by atoms with Crippen molar-refractivity contribution in [3.8, 4) is 0 Å². The summed E-state index contributed by atoms with van der Waals surface area (Å²) in [5.74, 6) is 0.954. The third-order valence-corrected chi connectivity index (χ3v) is 5.24. The molecule has 2 N–H and O–H groups in total. The third-order valence-electron chi connectivity index (χ3n) is 5.24. The van der Waals surface area contributed by atoms with Crippen molar-refractivity contribution in [3.05, 3.63) is 48.0 Å². The zero-order chi connectivity index (χ0) is 20.1. The number of nitrogens with zero attached hydrogens (tertiary/aromatic N) is 6. The van der Waals surface area contributed by atoms with E-state index >= 15 is 0 Å². The lowest BCUT2D eigenvalue weighted by atomic mass is 10.1. The van der Waals surface area contributed by atoms with Gasteiger partial charge < -0.3 is 25.2 Å². The van der Waals surface area contributed by atoms with Crippen molar-refractivity contribution in [1.29, 1.82) is 0 Å². The summed E-state index contributed by atoms with van der Waals surface area (Å²) in [4.78, 5) is 19.5. The molecule has 0 amide bonds. The van der Waals surface area contributed by atoms with E-state index in [1.807, 2.05) is 17.0 Å². The van der Waals surface area contributed by atoms with Crippen LogP contribution >= 0.6 is 24.0 Å². The highest BCUT2D eigenvalue weighted by Gasteiger charge is 2.20. The fourth-order valence-electron chi connectivity index (χ4n) is 3.65. The van der Waals surface area contributed by atoms with Gasteiger partial charge in [-0.25, -0.2) is 19.4 Å². The van der Waals surface area contributed by atoms with Crippen LogP contribution in [0.4, 0.5) is 16.0 Å². The monoisotopic (exact) mass is 527 g/mol. The molecule has 10 heteroatoms. The third kappa shape index (κ3) is 5.48. The quantitative estimate of drug-likeness (QED) is 0.369. The van der Waals surface area contributed by atoms with E-state index < -0.39 is 0 Å². The van der Waals surface area contributed by atoms with Gasteiger partial charge in [-0.05, 0) is 29.8 Å². The summed E-state index contributed by atoms with van der Waals surface area (Å²) in [5, 5.41) is 0. The highest BCUT2D eigenvalue weighted by atomic mass is 127. The molecule has 3 heterocycles. The lowest BCUT2D eigenvalue weighted by Gasteiger charge is -2.35. The first-order valence-electron chi connectivity index (χ1n) is 9.88. The van der Waals surface area contributed by atoms with Gasteiger partial charge in [0.25, 0.3) is 0 Å². The van der Waals surface area contributed by atoms with Gasteiger partial charge in [0.15, 0.2) is 5.96 Å². The van der Waals surface area contributed by atoms with Gasteiger partial charge in [0, 0.05) is 57.3 Å². The van der Waals surface area contributed by atoms with E-state index in [9.17, 15) is 4.39 Å². The number of aliphatic imine (C=N–C) groups is 1. The molecule has 0 aliphatic carbocycles. The highest BCUT2D eigenvalue weighted by molar-refractivity contribution is 14.0. The van der Waals surface area contributed by atoms with Gasteiger partial charge in [-0.1, -0.05) is 0 Å². The van der Waals surface area contributed by atoms with Crippen molar-refractivity contribution >= 4 is 41.6 Å². The minimum Gasteiger partial charge on any atom is -0.378 e. The second kappa shape index (κ2) is 10.7. The Morgan fingerprint density at radius 2 is 1.73 bits per heavy atom. The van der Waals surface area contributed by atoms with Crippen molar-refractivity contribution in [1.82, 2.24) is 14.9 Å². The Kier molecular flexibility index (Phi) is 8.02. The number of aromatic nitrogens is 2. The number of rotatable bonds is 4. The van der Waals surface area contributed by atoms with Crippen molar-refractivity contribution in [2.45, 2.75) is 6.54 Å². The molecule has 0 bridgehead atoms. The van der Waals surface area contributed by atoms with Crippen LogP contribution in [0.5, 0.6) is 0 Å². The first kappa shape index (κ1) is 22.5. The molecule has 1 aromatic heterocycles. The Morgan fingerprint density at radius 1 is 1.03 bits per heavy atom. The maximum absolute atomic E-state index is 13.8. The number of anilines is 2. The molecule has 2 saturated heterocycles. The van der Waals surface area contributed by atoms with E-state index in [4.69, 9.17) is 10.5 Å². The number of benzene rings is 1. The van der Waals surface area contributed by atoms with E-state index in [1.54, 1.807) is 18.5 Å². The van der Waals surface area contributed by atoms with E-state index in [0.29, 0.717) is 25.7 Å². The molecule has 0 unspecified atom stereocenters. The van der Waals surface area contributed by atoms with Gasteiger partial charge in [0.05, 0.1) is 19.8 Å². The van der Waals surface area contributed by atoms with Crippen LogP contribution in [0, 0.1) is 5.82 Å². The molecule has 8 nitrogen and oxygen atoms in total. The first-order valence-corrected chi connectivity index (χ1v) is 9.88. The molecule has 0 radical (unpaired) electrons. The minimum absolute atomic E-state index is 0. The van der Waals surface area contributed by atoms with Crippen molar-refractivity contribution in [3.63, 3.8) is 0 Å². The lowest BCUT2D eigenvalue weighted by Crippen LogP contribution is -2.51. The van der Waals surface area contributed by atoms with Crippen LogP contribution in [0.15, 0.2) is 41.7 Å². The van der Waals surface area contributed by atoms with Crippen LogP contribution in [0.25, 0.3) is 0 Å². The average Bonchev–Trinajstić information content (AvgIpc) is 2.79. The van der Waals surface area contributed by atoms with Crippen LogP contribution in [0.3, 0.4) is 0 Å². The summed E-state index contributed by atoms with van der Waals surface area (Å²) in [5.41, 5.74) is 8.08. The second-order valence-corrected chi connectivity index (χ2v) is 7.07. The number of halogens is 2. The van der Waals surface area contributed by atoms with Crippen LogP contribution in [0.2, 0.25) is 0 Å². The van der Waals surface area contributed by atoms with E-state index in [1.165, 1.54) is 6.07 Å². The Bertz CT molecular complexity index is 840. The molecule has 2 aromatic rings. The summed E-state index contributed by atoms with van der Waals surface area (Å²) in [6, 6.07) is 6.67. The molecule has 2 aliphatic rings. The average molecular weight is 527 g/mol. The summed E-state index contributed by atoms with van der Waals surface area (Å²) in [6.07, 6.45) is 3.49. The smallest absolute Gasteiger partial charge is 0.225 e. The molecular formula is C20H27FIN7O. The molecule has 0 spiro atoms. The molecule has 2 fully saturated rings. The highest BCUT2D eigenvalue weighted by Crippen LogP contribution is 2.24. The van der Waals surface area contributed by atoms with Crippen LogP contribution < -0.4 is 15.5 Å². The fraction of sp³-hybridized carbons (Fsp3) is 0.450. The Balaban J connectivity index is 0.00000256. The van der Waals surface area contributed by atoms with Gasteiger partial charge >= 0.3 is 0 Å². The number of hydrogen-bond acceptors (Lipinski definition) is 6. The largest absolute Gasteiger partial charge is 0.378 e. The van der Waals surface area contributed by atoms with Crippen LogP contribution in [-0.2, 0) is 11.3 Å². The van der Waals surface area contributed by atoms with Gasteiger partial charge in [-0.2, -0.15) is 0 Å². The SMILES string of the molecule is I.NC(=NCc1cc(F)ccc1N1CCOCC1)N1CCN(c2ncccn2)CC1. The van der Waals surface area contributed by atoms with Crippen LogP contribution in [-0.4, -0.2) is 73.3 Å². The fourth-order valence-corrected chi connectivity index (χ4v) is 3.65. The lowest BCUT2D eigenvalue weighted by molar-refractivity contribution is 0.122. The number of piperazine rings is 1. The van der Waals surface area contributed by atoms with Gasteiger partial charge in [-0.3, -0.25) is 0 Å². The predicted octanol–water partition coefficient (Wildman–Crippen LogP) is 1.71. The first-order chi connectivity index (χ1) is 14.2. The zero-order valence-electron chi connectivity index (χ0n) is 16.8. The molecule has 30 heavy (non-hydrogen) atoms. The molecule has 4 rings (SSSR count). The summed E-state index contributed by atoms with van der Waals surface area (Å²) in [7, 11) is 0. The van der Waals surface area contributed by atoms with Crippen molar-refractivity contribution in [2.24, 2.45) is 10.7 Å². The molecule has 2 aliphatic heterocycles. The standard InChI is InChI=1S/C20H26FN7O.HI/c21-17-2-3-18(26-10-12-29-13-11-26)16(14-17)15-25-19(22)27-6-8-28(9-7-27)20-23-4-1-5-24-20;/h1-5,14H,6-13,15H2,(H2,22,25);1H. The van der Waals surface area contributed by atoms with Crippen LogP contribution in [0.1, 0.15) is 5.56 Å². The normalized spacial score (nSPS) is 17.6. The maximum atomic E-state index is 13.8. The van der Waals surface area contributed by atoms with Gasteiger partial charge in [0.1, 0.15) is 5.82 Å². The predicted molar refractivity (Wildman–Crippen MR) is 126 cm³/mol. The van der Waals surface area contributed by atoms with E-state index in [0.717, 1.165) is 56.5 Å². The zero-order valence-corrected chi connectivity index (χ0v) is 19.1. The molecule has 0 saturated carbocycles. The Hall–Kier alpha value is -2.21. The molecule has 162 valence electrons. The van der Waals surface area contributed by atoms with E-state index in [2.05, 4.69) is 24.8 Å². The molecule has 0 atom stereocenters. The van der Waals surface area contributed by atoms with Crippen molar-refractivity contribution in [2.75, 3.05) is 62.3 Å². The number of hydrogen-bond donors (Lipinski definition) is 1. The second-order valence-electron chi connectivity index (χ2n) is 7.07. The molecular weight excluding hydrogens is 500 g/mol. The van der Waals surface area contributed by atoms with Crippen molar-refractivity contribution < 1.29 is 9.13 Å². The Labute approximate surface area is 193 Å². The van der Waals surface area contributed by atoms with Gasteiger partial charge in [-0.15, -0.1) is 24.0 Å². The Morgan fingerprint density at radius 3 is 2.43 bits per heavy atom. The summed E-state index contributed by atoms with van der Waals surface area (Å²) >= 11 is 0. The maximum Gasteiger partial charge on any atom is 0.225 e.